The van der Waals surface area contributed by atoms with Gasteiger partial charge in [-0.05, 0) is 49.9 Å². The Morgan fingerprint density at radius 1 is 1.27 bits per heavy atom. The van der Waals surface area contributed by atoms with E-state index in [0.717, 1.165) is 5.56 Å². The van der Waals surface area contributed by atoms with E-state index in [4.69, 9.17) is 18.9 Å². The molecule has 0 saturated carbocycles. The quantitative estimate of drug-likeness (QED) is 0.679. The number of methoxy groups -OCH3 is 1. The molecule has 0 amide bonds. The van der Waals surface area contributed by atoms with E-state index < -0.39 is 0 Å². The van der Waals surface area contributed by atoms with Crippen LogP contribution in [0.4, 0.5) is 4.39 Å². The van der Waals surface area contributed by atoms with Gasteiger partial charge in [-0.3, -0.25) is 9.69 Å². The maximum absolute atomic E-state index is 14.9. The van der Waals surface area contributed by atoms with Crippen molar-refractivity contribution < 1.29 is 28.1 Å². The highest BCUT2D eigenvalue weighted by Gasteiger charge is 2.37. The van der Waals surface area contributed by atoms with Crippen molar-refractivity contribution in [2.45, 2.75) is 32.2 Å². The molecule has 1 saturated heterocycles. The molecule has 2 heterocycles. The monoisotopic (exact) mass is 415 g/mol. The Morgan fingerprint density at radius 2 is 2.10 bits per heavy atom. The summed E-state index contributed by atoms with van der Waals surface area (Å²) in [5.41, 5.74) is 1.61. The van der Waals surface area contributed by atoms with Crippen LogP contribution in [0.1, 0.15) is 43.4 Å². The molecule has 0 N–H and O–H groups in total. The van der Waals surface area contributed by atoms with Gasteiger partial charge >= 0.3 is 0 Å². The number of Topliss-reactive ketones (excluding diaryl/α,β-unsaturated/α-hetero) is 1. The number of carbonyl (C=O) groups excluding carboxylic acids is 1. The zero-order chi connectivity index (χ0) is 21.3. The molecule has 0 aromatic heterocycles. The average molecular weight is 415 g/mol. The van der Waals surface area contributed by atoms with Crippen molar-refractivity contribution >= 4 is 5.78 Å². The van der Waals surface area contributed by atoms with Crippen molar-refractivity contribution in [1.29, 1.82) is 0 Å². The fourth-order valence-corrected chi connectivity index (χ4v) is 4.35. The van der Waals surface area contributed by atoms with Gasteiger partial charge in [0, 0.05) is 24.2 Å². The Morgan fingerprint density at radius 3 is 2.80 bits per heavy atom. The van der Waals surface area contributed by atoms with Gasteiger partial charge in [-0.25, -0.2) is 4.39 Å². The number of halogens is 1. The third-order valence-corrected chi connectivity index (χ3v) is 5.62. The molecule has 4 rings (SSSR count). The lowest BCUT2D eigenvalue weighted by Crippen LogP contribution is -2.29. The van der Waals surface area contributed by atoms with Crippen LogP contribution in [0.25, 0.3) is 0 Å². The minimum atomic E-state index is -0.316. The van der Waals surface area contributed by atoms with E-state index >= 15 is 0 Å². The molecule has 160 valence electrons. The Hall–Kier alpha value is -2.80. The maximum Gasteiger partial charge on any atom is 0.231 e. The van der Waals surface area contributed by atoms with E-state index in [1.165, 1.54) is 6.07 Å². The van der Waals surface area contributed by atoms with Gasteiger partial charge < -0.3 is 18.9 Å². The molecule has 2 atom stereocenters. The fourth-order valence-electron chi connectivity index (χ4n) is 4.35. The predicted molar refractivity (Wildman–Crippen MR) is 109 cm³/mol. The van der Waals surface area contributed by atoms with Crippen LogP contribution >= 0.6 is 0 Å². The summed E-state index contributed by atoms with van der Waals surface area (Å²) in [7, 11) is 1.59. The third-order valence-electron chi connectivity index (χ3n) is 5.62. The molecular weight excluding hydrogens is 389 g/mol. The topological polar surface area (TPSA) is 57.2 Å². The van der Waals surface area contributed by atoms with Gasteiger partial charge in [0.2, 0.25) is 12.5 Å². The van der Waals surface area contributed by atoms with Gasteiger partial charge in [-0.15, -0.1) is 0 Å². The molecule has 2 aromatic rings. The zero-order valence-electron chi connectivity index (χ0n) is 17.4. The lowest BCUT2D eigenvalue weighted by atomic mass is 9.93. The largest absolute Gasteiger partial charge is 0.494 e. The fraction of sp³-hybridized carbons (Fsp3) is 0.435. The van der Waals surface area contributed by atoms with E-state index in [-0.39, 0.29) is 36.9 Å². The lowest BCUT2D eigenvalue weighted by molar-refractivity contribution is -0.118. The number of benzene rings is 2. The first-order valence-electron chi connectivity index (χ1n) is 10.1. The van der Waals surface area contributed by atoms with E-state index in [1.807, 2.05) is 24.0 Å². The van der Waals surface area contributed by atoms with Crippen molar-refractivity contribution in [3.05, 3.63) is 47.3 Å². The van der Waals surface area contributed by atoms with Gasteiger partial charge in [-0.1, -0.05) is 6.07 Å². The summed E-state index contributed by atoms with van der Waals surface area (Å²) in [5.74, 6) is 2.22. The molecule has 6 nitrogen and oxygen atoms in total. The summed E-state index contributed by atoms with van der Waals surface area (Å²) in [6, 6.07) is 8.66. The first kappa shape index (κ1) is 20.5. The molecule has 30 heavy (non-hydrogen) atoms. The average Bonchev–Trinajstić information content (AvgIpc) is 3.34. The molecular formula is C23H26FNO5. The number of hydrogen-bond donors (Lipinski definition) is 0. The molecule has 2 aliphatic rings. The van der Waals surface area contributed by atoms with Gasteiger partial charge in [0.1, 0.15) is 17.3 Å². The number of likely N-dealkylation sites (tertiary alicyclic amines) is 1. The Bertz CT molecular complexity index is 947. The van der Waals surface area contributed by atoms with Gasteiger partial charge in [0.25, 0.3) is 0 Å². The highest BCUT2D eigenvalue weighted by molar-refractivity contribution is 5.77. The van der Waals surface area contributed by atoms with Crippen molar-refractivity contribution in [3.63, 3.8) is 0 Å². The Balaban J connectivity index is 1.65. The van der Waals surface area contributed by atoms with Crippen molar-refractivity contribution in [2.24, 2.45) is 0 Å². The Kier molecular flexibility index (Phi) is 5.81. The van der Waals surface area contributed by atoms with E-state index in [9.17, 15) is 9.18 Å². The van der Waals surface area contributed by atoms with Crippen LogP contribution in [0.15, 0.2) is 30.3 Å². The van der Waals surface area contributed by atoms with Crippen LogP contribution in [0.5, 0.6) is 23.0 Å². The predicted octanol–water partition coefficient (Wildman–Crippen LogP) is 4.08. The zero-order valence-corrected chi connectivity index (χ0v) is 17.4. The van der Waals surface area contributed by atoms with Crippen LogP contribution < -0.4 is 18.9 Å². The lowest BCUT2D eigenvalue weighted by Gasteiger charge is -2.24. The smallest absolute Gasteiger partial charge is 0.231 e. The number of carbonyl (C=O) groups is 1. The number of ketones is 1. The molecule has 7 heteroatoms. The normalized spacial score (nSPS) is 20.4. The van der Waals surface area contributed by atoms with E-state index in [2.05, 4.69) is 0 Å². The SMILES string of the molecule is CCOc1ccc([C@H]2C[C@@H](c3cc(OC)c4c(c3)OCO4)CN2CC(C)=O)c(F)c1. The number of nitrogens with zero attached hydrogens (tertiary/aromatic N) is 1. The first-order valence-corrected chi connectivity index (χ1v) is 10.1. The van der Waals surface area contributed by atoms with Gasteiger partial charge in [0.05, 0.1) is 20.3 Å². The highest BCUT2D eigenvalue weighted by atomic mass is 19.1. The molecule has 0 unspecified atom stereocenters. The standard InChI is InChI=1S/C23H26FNO5/c1-4-28-17-5-6-18(19(24)10-17)20-7-16(12-25(20)11-14(2)26)15-8-21(27-3)23-22(9-15)29-13-30-23/h5-6,8-10,16,20H,4,7,11-13H2,1-3H3/t16-,20-/m1/s1. The minimum absolute atomic E-state index is 0.0512. The molecule has 2 aliphatic heterocycles. The number of hydrogen-bond acceptors (Lipinski definition) is 6. The van der Waals surface area contributed by atoms with Gasteiger partial charge in [0.15, 0.2) is 11.5 Å². The summed E-state index contributed by atoms with van der Waals surface area (Å²) in [4.78, 5) is 13.9. The highest BCUT2D eigenvalue weighted by Crippen LogP contribution is 2.47. The molecule has 0 bridgehead atoms. The summed E-state index contributed by atoms with van der Waals surface area (Å²) in [6.07, 6.45) is 0.682. The second kappa shape index (κ2) is 8.52. The Labute approximate surface area is 175 Å². The second-order valence-corrected chi connectivity index (χ2v) is 7.65. The van der Waals surface area contributed by atoms with Crippen LogP contribution in [0.3, 0.4) is 0 Å². The van der Waals surface area contributed by atoms with Crippen molar-refractivity contribution in [3.8, 4) is 23.0 Å². The van der Waals surface area contributed by atoms with Crippen LogP contribution in [-0.2, 0) is 4.79 Å². The minimum Gasteiger partial charge on any atom is -0.494 e. The molecule has 0 radical (unpaired) electrons. The van der Waals surface area contributed by atoms with Crippen molar-refractivity contribution in [1.82, 2.24) is 4.90 Å². The van der Waals surface area contributed by atoms with E-state index in [0.29, 0.717) is 48.1 Å². The summed E-state index contributed by atoms with van der Waals surface area (Å²) in [6.45, 7) is 4.97. The van der Waals surface area contributed by atoms with Crippen LogP contribution in [0, 0.1) is 5.82 Å². The maximum atomic E-state index is 14.9. The van der Waals surface area contributed by atoms with Crippen LogP contribution in [-0.4, -0.2) is 44.3 Å². The summed E-state index contributed by atoms with van der Waals surface area (Å²) >= 11 is 0. The molecule has 1 fully saturated rings. The number of fused-ring (bicyclic) bond motifs is 1. The second-order valence-electron chi connectivity index (χ2n) is 7.65. The summed E-state index contributed by atoms with van der Waals surface area (Å²) < 4.78 is 36.8. The number of rotatable bonds is 7. The first-order chi connectivity index (χ1) is 14.5. The summed E-state index contributed by atoms with van der Waals surface area (Å²) in [5, 5.41) is 0. The van der Waals surface area contributed by atoms with Crippen molar-refractivity contribution in [2.75, 3.05) is 33.6 Å². The third kappa shape index (κ3) is 3.94. The number of ether oxygens (including phenoxy) is 4. The van der Waals surface area contributed by atoms with Gasteiger partial charge in [-0.2, -0.15) is 0 Å². The molecule has 0 aliphatic carbocycles. The van der Waals surface area contributed by atoms with E-state index in [1.54, 1.807) is 26.2 Å². The molecule has 2 aromatic carbocycles. The molecule has 0 spiro atoms. The van der Waals surface area contributed by atoms with Crippen LogP contribution in [0.2, 0.25) is 0 Å².